The molecule has 4 nitrogen and oxygen atoms in total. The van der Waals surface area contributed by atoms with Gasteiger partial charge in [-0.3, -0.25) is 4.79 Å². The predicted molar refractivity (Wildman–Crippen MR) is 95.0 cm³/mol. The molecule has 2 rings (SSSR count). The van der Waals surface area contributed by atoms with Crippen LogP contribution in [0.5, 0.6) is 0 Å². The van der Waals surface area contributed by atoms with Crippen molar-refractivity contribution in [2.45, 2.75) is 39.5 Å². The highest BCUT2D eigenvalue weighted by molar-refractivity contribution is 5.76. The van der Waals surface area contributed by atoms with Crippen LogP contribution < -0.4 is 4.90 Å². The summed E-state index contributed by atoms with van der Waals surface area (Å²) in [6, 6.07) is 8.64. The van der Waals surface area contributed by atoms with Crippen LogP contribution in [0.1, 0.15) is 38.7 Å². The number of hydrogen-bond acceptors (Lipinski definition) is 3. The number of hydrogen-bond donors (Lipinski definition) is 0. The van der Waals surface area contributed by atoms with Gasteiger partial charge in [-0.25, -0.2) is 0 Å². The van der Waals surface area contributed by atoms with Crippen molar-refractivity contribution in [2.24, 2.45) is 0 Å². The molecule has 0 aromatic heterocycles. The SMILES string of the molecule is CCCN(CCC)C(=O)CCc1ccc(N2CCOCC2)cc1. The minimum absolute atomic E-state index is 0.283. The molecular formula is C19H30N2O2. The van der Waals surface area contributed by atoms with Crippen molar-refractivity contribution in [3.63, 3.8) is 0 Å². The lowest BCUT2D eigenvalue weighted by molar-refractivity contribution is -0.131. The molecule has 1 aromatic carbocycles. The van der Waals surface area contributed by atoms with E-state index in [2.05, 4.69) is 43.0 Å². The number of morpholine rings is 1. The minimum Gasteiger partial charge on any atom is -0.378 e. The third-order valence-corrected chi connectivity index (χ3v) is 4.28. The summed E-state index contributed by atoms with van der Waals surface area (Å²) in [4.78, 5) is 16.7. The Morgan fingerprint density at radius 2 is 1.70 bits per heavy atom. The van der Waals surface area contributed by atoms with Crippen molar-refractivity contribution in [3.05, 3.63) is 29.8 Å². The van der Waals surface area contributed by atoms with E-state index in [1.165, 1.54) is 11.3 Å². The van der Waals surface area contributed by atoms with Gasteiger partial charge in [-0.15, -0.1) is 0 Å². The van der Waals surface area contributed by atoms with E-state index in [9.17, 15) is 4.79 Å². The zero-order chi connectivity index (χ0) is 16.5. The Hall–Kier alpha value is -1.55. The number of benzene rings is 1. The summed E-state index contributed by atoms with van der Waals surface area (Å²) in [6.45, 7) is 9.54. The Morgan fingerprint density at radius 3 is 2.26 bits per heavy atom. The number of aryl methyl sites for hydroxylation is 1. The lowest BCUT2D eigenvalue weighted by atomic mass is 10.1. The van der Waals surface area contributed by atoms with E-state index in [0.717, 1.165) is 58.7 Å². The highest BCUT2D eigenvalue weighted by atomic mass is 16.5. The van der Waals surface area contributed by atoms with E-state index in [0.29, 0.717) is 6.42 Å². The number of anilines is 1. The first-order valence-corrected chi connectivity index (χ1v) is 8.94. The van der Waals surface area contributed by atoms with Gasteiger partial charge in [0.05, 0.1) is 13.2 Å². The second-order valence-corrected chi connectivity index (χ2v) is 6.15. The lowest BCUT2D eigenvalue weighted by Crippen LogP contribution is -2.36. The molecule has 128 valence electrons. The summed E-state index contributed by atoms with van der Waals surface area (Å²) in [5, 5.41) is 0. The topological polar surface area (TPSA) is 32.8 Å². The summed E-state index contributed by atoms with van der Waals surface area (Å²) in [5.74, 6) is 0.283. The molecule has 1 aliphatic rings. The predicted octanol–water partition coefficient (Wildman–Crippen LogP) is 3.10. The third kappa shape index (κ3) is 5.54. The Morgan fingerprint density at radius 1 is 1.09 bits per heavy atom. The first-order valence-electron chi connectivity index (χ1n) is 8.94. The van der Waals surface area contributed by atoms with Gasteiger partial charge in [-0.1, -0.05) is 26.0 Å². The number of ether oxygens (including phenoxy) is 1. The molecule has 0 atom stereocenters. The second kappa shape index (κ2) is 9.56. The summed E-state index contributed by atoms with van der Waals surface area (Å²) in [6.07, 6.45) is 3.49. The average molecular weight is 318 g/mol. The first-order chi connectivity index (χ1) is 11.2. The molecule has 1 fully saturated rings. The van der Waals surface area contributed by atoms with Crippen molar-refractivity contribution in [1.29, 1.82) is 0 Å². The zero-order valence-electron chi connectivity index (χ0n) is 14.6. The minimum atomic E-state index is 0.283. The zero-order valence-corrected chi connectivity index (χ0v) is 14.6. The van der Waals surface area contributed by atoms with Gasteiger partial charge in [0.1, 0.15) is 0 Å². The molecule has 1 heterocycles. The van der Waals surface area contributed by atoms with Gasteiger partial charge in [0.15, 0.2) is 0 Å². The van der Waals surface area contributed by atoms with E-state index in [-0.39, 0.29) is 5.91 Å². The fraction of sp³-hybridized carbons (Fsp3) is 0.632. The Labute approximate surface area is 140 Å². The van der Waals surface area contributed by atoms with Crippen molar-refractivity contribution >= 4 is 11.6 Å². The standard InChI is InChI=1S/C19H30N2O2/c1-3-11-21(12-4-2)19(22)10-7-17-5-8-18(9-6-17)20-13-15-23-16-14-20/h5-6,8-9H,3-4,7,10-16H2,1-2H3. The summed E-state index contributed by atoms with van der Waals surface area (Å²) >= 11 is 0. The normalized spacial score (nSPS) is 14.8. The average Bonchev–Trinajstić information content (AvgIpc) is 2.61. The molecule has 1 aliphatic heterocycles. The highest BCUT2D eigenvalue weighted by Gasteiger charge is 2.13. The Bertz CT molecular complexity index is 461. The number of rotatable bonds is 8. The van der Waals surface area contributed by atoms with E-state index in [4.69, 9.17) is 4.74 Å². The Balaban J connectivity index is 1.84. The van der Waals surface area contributed by atoms with Crippen LogP contribution >= 0.6 is 0 Å². The summed E-state index contributed by atoms with van der Waals surface area (Å²) in [5.41, 5.74) is 2.49. The van der Waals surface area contributed by atoms with Gasteiger partial charge in [0.25, 0.3) is 0 Å². The third-order valence-electron chi connectivity index (χ3n) is 4.28. The molecule has 1 amide bonds. The van der Waals surface area contributed by atoms with Gasteiger partial charge >= 0.3 is 0 Å². The molecule has 0 aliphatic carbocycles. The van der Waals surface area contributed by atoms with Crippen LogP contribution in [0, 0.1) is 0 Å². The fourth-order valence-corrected chi connectivity index (χ4v) is 3.01. The maximum Gasteiger partial charge on any atom is 0.222 e. The van der Waals surface area contributed by atoms with Gasteiger partial charge < -0.3 is 14.5 Å². The van der Waals surface area contributed by atoms with E-state index in [1.54, 1.807) is 0 Å². The van der Waals surface area contributed by atoms with Crippen LogP contribution in [-0.4, -0.2) is 50.2 Å². The van der Waals surface area contributed by atoms with Crippen LogP contribution in [0.2, 0.25) is 0 Å². The van der Waals surface area contributed by atoms with E-state index >= 15 is 0 Å². The highest BCUT2D eigenvalue weighted by Crippen LogP contribution is 2.17. The lowest BCUT2D eigenvalue weighted by Gasteiger charge is -2.29. The van der Waals surface area contributed by atoms with Crippen LogP contribution in [-0.2, 0) is 16.0 Å². The van der Waals surface area contributed by atoms with Gasteiger partial charge in [-0.05, 0) is 37.0 Å². The molecule has 0 unspecified atom stereocenters. The van der Waals surface area contributed by atoms with E-state index in [1.807, 2.05) is 4.90 Å². The number of nitrogens with zero attached hydrogens (tertiary/aromatic N) is 2. The summed E-state index contributed by atoms with van der Waals surface area (Å²) in [7, 11) is 0. The van der Waals surface area contributed by atoms with Crippen LogP contribution in [0.3, 0.4) is 0 Å². The molecule has 0 spiro atoms. The monoisotopic (exact) mass is 318 g/mol. The number of carbonyl (C=O) groups excluding carboxylic acids is 1. The molecule has 0 bridgehead atoms. The Kier molecular flexibility index (Phi) is 7.40. The van der Waals surface area contributed by atoms with Crippen molar-refractivity contribution in [2.75, 3.05) is 44.3 Å². The van der Waals surface area contributed by atoms with Crippen molar-refractivity contribution < 1.29 is 9.53 Å². The number of amides is 1. The van der Waals surface area contributed by atoms with Crippen LogP contribution in [0.4, 0.5) is 5.69 Å². The number of carbonyl (C=O) groups is 1. The molecular weight excluding hydrogens is 288 g/mol. The molecule has 4 heteroatoms. The van der Waals surface area contributed by atoms with Gasteiger partial charge in [-0.2, -0.15) is 0 Å². The van der Waals surface area contributed by atoms with Crippen molar-refractivity contribution in [3.8, 4) is 0 Å². The van der Waals surface area contributed by atoms with Crippen LogP contribution in [0.25, 0.3) is 0 Å². The van der Waals surface area contributed by atoms with E-state index < -0.39 is 0 Å². The largest absolute Gasteiger partial charge is 0.378 e. The fourth-order valence-electron chi connectivity index (χ4n) is 3.01. The molecule has 0 N–H and O–H groups in total. The first kappa shape index (κ1) is 17.8. The molecule has 1 saturated heterocycles. The van der Waals surface area contributed by atoms with Crippen LogP contribution in [0.15, 0.2) is 24.3 Å². The van der Waals surface area contributed by atoms with Crippen molar-refractivity contribution in [1.82, 2.24) is 4.90 Å². The maximum atomic E-state index is 12.3. The summed E-state index contributed by atoms with van der Waals surface area (Å²) < 4.78 is 5.39. The van der Waals surface area contributed by atoms with Gasteiger partial charge in [0, 0.05) is 38.3 Å². The second-order valence-electron chi connectivity index (χ2n) is 6.15. The quantitative estimate of drug-likeness (QED) is 0.738. The van der Waals surface area contributed by atoms with Gasteiger partial charge in [0.2, 0.25) is 5.91 Å². The maximum absolute atomic E-state index is 12.3. The molecule has 23 heavy (non-hydrogen) atoms. The smallest absolute Gasteiger partial charge is 0.222 e. The molecule has 0 saturated carbocycles. The molecule has 0 radical (unpaired) electrons. The molecule has 1 aromatic rings.